The van der Waals surface area contributed by atoms with Crippen LogP contribution in [0.1, 0.15) is 26.2 Å². The van der Waals surface area contributed by atoms with Crippen LogP contribution in [0, 0.1) is 0 Å². The third-order valence-corrected chi connectivity index (χ3v) is 3.11. The first kappa shape index (κ1) is 15.7. The summed E-state index contributed by atoms with van der Waals surface area (Å²) in [7, 11) is 1.71. The summed E-state index contributed by atoms with van der Waals surface area (Å²) in [6, 6.07) is 0. The fourth-order valence-corrected chi connectivity index (χ4v) is 2.13. The molecule has 3 nitrogen and oxygen atoms in total. The van der Waals surface area contributed by atoms with Crippen molar-refractivity contribution in [3.05, 3.63) is 0 Å². The number of likely N-dealkylation sites (N-methyl/N-ethyl adjacent to an activating group) is 2. The van der Waals surface area contributed by atoms with Crippen LogP contribution in [0.5, 0.6) is 0 Å². The quantitative estimate of drug-likeness (QED) is 0.764. The van der Waals surface area contributed by atoms with Crippen molar-refractivity contribution < 1.29 is 17.9 Å². The van der Waals surface area contributed by atoms with E-state index in [1.807, 2.05) is 6.92 Å². The molecule has 18 heavy (non-hydrogen) atoms. The Morgan fingerprint density at radius 1 is 1.28 bits per heavy atom. The highest BCUT2D eigenvalue weighted by Crippen LogP contribution is 2.22. The zero-order valence-corrected chi connectivity index (χ0v) is 11.1. The van der Waals surface area contributed by atoms with Crippen molar-refractivity contribution in [2.24, 2.45) is 0 Å². The lowest BCUT2D eigenvalue weighted by molar-refractivity contribution is -0.138. The molecule has 0 aliphatic carbocycles. The van der Waals surface area contributed by atoms with E-state index in [1.54, 1.807) is 11.9 Å². The van der Waals surface area contributed by atoms with Gasteiger partial charge in [-0.25, -0.2) is 0 Å². The molecular weight excluding hydrogens is 245 g/mol. The number of ether oxygens (including phenoxy) is 1. The maximum absolute atomic E-state index is 12.1. The van der Waals surface area contributed by atoms with E-state index in [2.05, 4.69) is 5.32 Å². The van der Waals surface area contributed by atoms with Gasteiger partial charge in [0.05, 0.1) is 18.6 Å². The number of rotatable bonds is 7. The minimum absolute atomic E-state index is 0.0429. The van der Waals surface area contributed by atoms with Gasteiger partial charge in [0.1, 0.15) is 0 Å². The van der Waals surface area contributed by atoms with E-state index in [1.165, 1.54) is 0 Å². The van der Waals surface area contributed by atoms with Gasteiger partial charge < -0.3 is 15.0 Å². The average molecular weight is 268 g/mol. The van der Waals surface area contributed by atoms with Gasteiger partial charge in [0, 0.05) is 19.6 Å². The summed E-state index contributed by atoms with van der Waals surface area (Å²) >= 11 is 0. The topological polar surface area (TPSA) is 24.5 Å². The minimum Gasteiger partial charge on any atom is -0.372 e. The molecule has 1 fully saturated rings. The molecule has 1 heterocycles. The molecule has 2 unspecified atom stereocenters. The van der Waals surface area contributed by atoms with E-state index < -0.39 is 12.6 Å². The summed E-state index contributed by atoms with van der Waals surface area (Å²) in [6.07, 6.45) is -2.61. The van der Waals surface area contributed by atoms with Gasteiger partial charge in [-0.15, -0.1) is 0 Å². The number of nitrogens with one attached hydrogen (secondary N) is 1. The van der Waals surface area contributed by atoms with Crippen LogP contribution in [0.15, 0.2) is 0 Å². The number of halogens is 3. The van der Waals surface area contributed by atoms with E-state index >= 15 is 0 Å². The minimum atomic E-state index is -4.07. The Morgan fingerprint density at radius 3 is 2.56 bits per heavy atom. The maximum atomic E-state index is 12.1. The number of hydrogen-bond donors (Lipinski definition) is 1. The molecule has 108 valence electrons. The third kappa shape index (κ3) is 6.56. The molecule has 0 amide bonds. The molecule has 0 aromatic rings. The zero-order chi connectivity index (χ0) is 13.6. The second kappa shape index (κ2) is 7.31. The molecule has 0 bridgehead atoms. The second-order valence-corrected chi connectivity index (χ2v) is 4.89. The SMILES string of the molecule is CCNCC1CCC(CN(C)CCC(F)(F)F)O1. The van der Waals surface area contributed by atoms with Crippen LogP contribution in [0.25, 0.3) is 0 Å². The van der Waals surface area contributed by atoms with Gasteiger partial charge in [0.25, 0.3) is 0 Å². The standard InChI is InChI=1S/C12H23F3N2O/c1-3-16-8-10-4-5-11(18-10)9-17(2)7-6-12(13,14)15/h10-11,16H,3-9H2,1-2H3. The third-order valence-electron chi connectivity index (χ3n) is 3.11. The van der Waals surface area contributed by atoms with Crippen LogP contribution in [0.4, 0.5) is 13.2 Å². The Hall–Kier alpha value is -0.330. The van der Waals surface area contributed by atoms with Gasteiger partial charge in [-0.2, -0.15) is 13.2 Å². The van der Waals surface area contributed by atoms with Crippen LogP contribution < -0.4 is 5.32 Å². The molecular formula is C12H23F3N2O. The smallest absolute Gasteiger partial charge is 0.372 e. The second-order valence-electron chi connectivity index (χ2n) is 4.89. The molecule has 6 heteroatoms. The highest BCUT2D eigenvalue weighted by molar-refractivity contribution is 4.77. The Labute approximate surface area is 107 Å². The van der Waals surface area contributed by atoms with E-state index in [0.717, 1.165) is 25.9 Å². The summed E-state index contributed by atoms with van der Waals surface area (Å²) in [5.74, 6) is 0. The Balaban J connectivity index is 2.15. The van der Waals surface area contributed by atoms with E-state index in [0.29, 0.717) is 6.54 Å². The lowest BCUT2D eigenvalue weighted by atomic mass is 10.2. The summed E-state index contributed by atoms with van der Waals surface area (Å²) < 4.78 is 42.0. The molecule has 1 N–H and O–H groups in total. The zero-order valence-electron chi connectivity index (χ0n) is 11.1. The van der Waals surface area contributed by atoms with Crippen molar-refractivity contribution in [1.82, 2.24) is 10.2 Å². The van der Waals surface area contributed by atoms with Gasteiger partial charge >= 0.3 is 6.18 Å². The first-order valence-electron chi connectivity index (χ1n) is 6.52. The molecule has 0 saturated carbocycles. The van der Waals surface area contributed by atoms with Crippen LogP contribution in [0.3, 0.4) is 0 Å². The lowest BCUT2D eigenvalue weighted by Crippen LogP contribution is -2.33. The van der Waals surface area contributed by atoms with Crippen molar-refractivity contribution in [2.45, 2.75) is 44.6 Å². The average Bonchev–Trinajstić information content (AvgIpc) is 2.70. The lowest BCUT2D eigenvalue weighted by Gasteiger charge is -2.22. The van der Waals surface area contributed by atoms with Gasteiger partial charge in [0.2, 0.25) is 0 Å². The van der Waals surface area contributed by atoms with E-state index in [9.17, 15) is 13.2 Å². The number of nitrogens with zero attached hydrogens (tertiary/aromatic N) is 1. The molecule has 1 rings (SSSR count). The summed E-state index contributed by atoms with van der Waals surface area (Å²) in [5, 5.41) is 3.22. The Kier molecular flexibility index (Phi) is 6.38. The normalized spacial score (nSPS) is 25.0. The molecule has 0 radical (unpaired) electrons. The summed E-state index contributed by atoms with van der Waals surface area (Å²) in [4.78, 5) is 1.70. The van der Waals surface area contributed by atoms with Crippen molar-refractivity contribution in [3.63, 3.8) is 0 Å². The summed E-state index contributed by atoms with van der Waals surface area (Å²) in [5.41, 5.74) is 0. The van der Waals surface area contributed by atoms with Crippen LogP contribution in [0.2, 0.25) is 0 Å². The predicted octanol–water partition coefficient (Wildman–Crippen LogP) is 2.03. The van der Waals surface area contributed by atoms with Crippen molar-refractivity contribution in [2.75, 3.05) is 33.2 Å². The van der Waals surface area contributed by atoms with Crippen LogP contribution in [-0.2, 0) is 4.74 Å². The van der Waals surface area contributed by atoms with Crippen LogP contribution in [-0.4, -0.2) is 56.5 Å². The molecule has 1 aliphatic heterocycles. The van der Waals surface area contributed by atoms with Crippen molar-refractivity contribution >= 4 is 0 Å². The van der Waals surface area contributed by atoms with Crippen molar-refractivity contribution in [1.29, 1.82) is 0 Å². The molecule has 1 aliphatic rings. The fraction of sp³-hybridized carbons (Fsp3) is 1.00. The molecule has 0 spiro atoms. The largest absolute Gasteiger partial charge is 0.390 e. The molecule has 0 aromatic heterocycles. The Morgan fingerprint density at radius 2 is 1.94 bits per heavy atom. The Bertz CT molecular complexity index is 236. The van der Waals surface area contributed by atoms with Crippen LogP contribution >= 0.6 is 0 Å². The van der Waals surface area contributed by atoms with E-state index in [4.69, 9.17) is 4.74 Å². The highest BCUT2D eigenvalue weighted by atomic mass is 19.4. The highest BCUT2D eigenvalue weighted by Gasteiger charge is 2.29. The maximum Gasteiger partial charge on any atom is 0.390 e. The van der Waals surface area contributed by atoms with E-state index in [-0.39, 0.29) is 18.8 Å². The first-order chi connectivity index (χ1) is 8.40. The van der Waals surface area contributed by atoms with Crippen molar-refractivity contribution in [3.8, 4) is 0 Å². The monoisotopic (exact) mass is 268 g/mol. The fourth-order valence-electron chi connectivity index (χ4n) is 2.13. The van der Waals surface area contributed by atoms with Gasteiger partial charge in [-0.3, -0.25) is 0 Å². The first-order valence-corrected chi connectivity index (χ1v) is 6.52. The molecule has 1 saturated heterocycles. The van der Waals surface area contributed by atoms with Gasteiger partial charge in [-0.1, -0.05) is 6.92 Å². The number of hydrogen-bond acceptors (Lipinski definition) is 3. The number of alkyl halides is 3. The molecule has 2 atom stereocenters. The van der Waals surface area contributed by atoms with Gasteiger partial charge in [-0.05, 0) is 26.4 Å². The van der Waals surface area contributed by atoms with Gasteiger partial charge in [0.15, 0.2) is 0 Å². The predicted molar refractivity (Wildman–Crippen MR) is 64.6 cm³/mol. The molecule has 0 aromatic carbocycles. The summed E-state index contributed by atoms with van der Waals surface area (Å²) in [6.45, 7) is 4.41.